The van der Waals surface area contributed by atoms with Crippen LogP contribution in [0.3, 0.4) is 0 Å². The standard InChI is InChI=1S/C20H25N3O3S/c1-15(16-7-3-2-4-8-16)23-27(25,26)19-11-5-9-17(13-19)20(24)22-18-10-6-12-21-14-18/h2-5,7-9,11,13,15,18,21,23H,6,10,12,14H2,1H3,(H,22,24)/t15?,18-/m0/s1. The minimum atomic E-state index is -3.74. The number of carbonyl (C=O) groups is 1. The number of sulfonamides is 1. The van der Waals surface area contributed by atoms with Crippen LogP contribution in [0.1, 0.15) is 41.7 Å². The molecule has 0 aromatic heterocycles. The lowest BCUT2D eigenvalue weighted by molar-refractivity contribution is 0.0930. The zero-order valence-corrected chi connectivity index (χ0v) is 16.1. The first-order valence-corrected chi connectivity index (χ1v) is 10.6. The van der Waals surface area contributed by atoms with Gasteiger partial charge in [0.2, 0.25) is 10.0 Å². The highest BCUT2D eigenvalue weighted by molar-refractivity contribution is 7.89. The highest BCUT2D eigenvalue weighted by Crippen LogP contribution is 2.18. The molecule has 0 radical (unpaired) electrons. The van der Waals surface area contributed by atoms with E-state index in [2.05, 4.69) is 15.4 Å². The largest absolute Gasteiger partial charge is 0.348 e. The van der Waals surface area contributed by atoms with E-state index in [1.807, 2.05) is 30.3 Å². The van der Waals surface area contributed by atoms with Gasteiger partial charge in [0.1, 0.15) is 0 Å². The average molecular weight is 388 g/mol. The maximum absolute atomic E-state index is 12.7. The predicted molar refractivity (Wildman–Crippen MR) is 105 cm³/mol. The Morgan fingerprint density at radius 3 is 2.63 bits per heavy atom. The lowest BCUT2D eigenvalue weighted by atomic mass is 10.1. The fourth-order valence-corrected chi connectivity index (χ4v) is 4.44. The summed E-state index contributed by atoms with van der Waals surface area (Å²) in [4.78, 5) is 12.6. The molecular weight excluding hydrogens is 362 g/mol. The van der Waals surface area contributed by atoms with Gasteiger partial charge in [-0.2, -0.15) is 0 Å². The van der Waals surface area contributed by atoms with E-state index in [0.29, 0.717) is 5.56 Å². The van der Waals surface area contributed by atoms with Crippen LogP contribution in [-0.2, 0) is 10.0 Å². The van der Waals surface area contributed by atoms with E-state index in [-0.39, 0.29) is 22.9 Å². The maximum Gasteiger partial charge on any atom is 0.251 e. The molecule has 3 N–H and O–H groups in total. The van der Waals surface area contributed by atoms with Gasteiger partial charge in [0.15, 0.2) is 0 Å². The first-order valence-electron chi connectivity index (χ1n) is 9.14. The van der Waals surface area contributed by atoms with E-state index in [0.717, 1.165) is 31.5 Å². The summed E-state index contributed by atoms with van der Waals surface area (Å²) in [7, 11) is -3.74. The van der Waals surface area contributed by atoms with Crippen LogP contribution in [0, 0.1) is 0 Å². The molecule has 3 rings (SSSR count). The van der Waals surface area contributed by atoms with Gasteiger partial charge in [-0.15, -0.1) is 0 Å². The summed E-state index contributed by atoms with van der Waals surface area (Å²) >= 11 is 0. The first kappa shape index (κ1) is 19.5. The van der Waals surface area contributed by atoms with Crippen LogP contribution in [0.4, 0.5) is 0 Å². The molecule has 2 atom stereocenters. The van der Waals surface area contributed by atoms with Gasteiger partial charge in [-0.3, -0.25) is 4.79 Å². The molecule has 144 valence electrons. The Balaban J connectivity index is 1.72. The van der Waals surface area contributed by atoms with E-state index < -0.39 is 10.0 Å². The van der Waals surface area contributed by atoms with Crippen molar-refractivity contribution in [1.82, 2.24) is 15.4 Å². The van der Waals surface area contributed by atoms with Crippen molar-refractivity contribution in [2.24, 2.45) is 0 Å². The quantitative estimate of drug-likeness (QED) is 0.709. The molecule has 0 bridgehead atoms. The summed E-state index contributed by atoms with van der Waals surface area (Å²) in [6, 6.07) is 15.2. The molecule has 0 saturated carbocycles. The van der Waals surface area contributed by atoms with Crippen LogP contribution in [0.25, 0.3) is 0 Å². The number of hydrogen-bond acceptors (Lipinski definition) is 4. The van der Waals surface area contributed by atoms with E-state index in [9.17, 15) is 13.2 Å². The second-order valence-corrected chi connectivity index (χ2v) is 8.51. The van der Waals surface area contributed by atoms with Gasteiger partial charge >= 0.3 is 0 Å². The minimum absolute atomic E-state index is 0.0720. The second-order valence-electron chi connectivity index (χ2n) is 6.80. The van der Waals surface area contributed by atoms with Crippen molar-refractivity contribution in [3.63, 3.8) is 0 Å². The number of carbonyl (C=O) groups excluding carboxylic acids is 1. The second kappa shape index (κ2) is 8.65. The van der Waals surface area contributed by atoms with E-state index in [1.165, 1.54) is 12.1 Å². The number of hydrogen-bond donors (Lipinski definition) is 3. The molecule has 1 aliphatic heterocycles. The fourth-order valence-electron chi connectivity index (χ4n) is 3.16. The zero-order valence-electron chi connectivity index (χ0n) is 15.3. The maximum atomic E-state index is 12.7. The minimum Gasteiger partial charge on any atom is -0.348 e. The smallest absolute Gasteiger partial charge is 0.251 e. The lowest BCUT2D eigenvalue weighted by Crippen LogP contribution is -2.45. The molecule has 1 amide bonds. The third-order valence-corrected chi connectivity index (χ3v) is 6.21. The monoisotopic (exact) mass is 387 g/mol. The van der Waals surface area contributed by atoms with Gasteiger partial charge in [-0.25, -0.2) is 13.1 Å². The topological polar surface area (TPSA) is 87.3 Å². The van der Waals surface area contributed by atoms with Gasteiger partial charge in [0.25, 0.3) is 5.91 Å². The van der Waals surface area contributed by atoms with Crippen molar-refractivity contribution >= 4 is 15.9 Å². The fraction of sp³-hybridized carbons (Fsp3) is 0.350. The van der Waals surface area contributed by atoms with E-state index >= 15 is 0 Å². The van der Waals surface area contributed by atoms with Crippen LogP contribution in [0.15, 0.2) is 59.5 Å². The zero-order chi connectivity index (χ0) is 19.3. The summed E-state index contributed by atoms with van der Waals surface area (Å²) < 4.78 is 28.1. The molecule has 0 aliphatic carbocycles. The van der Waals surface area contributed by atoms with Crippen molar-refractivity contribution < 1.29 is 13.2 Å². The van der Waals surface area contributed by atoms with Crippen LogP contribution in [0.5, 0.6) is 0 Å². The van der Waals surface area contributed by atoms with Crippen molar-refractivity contribution in [1.29, 1.82) is 0 Å². The van der Waals surface area contributed by atoms with E-state index in [1.54, 1.807) is 19.1 Å². The molecule has 1 aliphatic rings. The highest BCUT2D eigenvalue weighted by atomic mass is 32.2. The molecule has 7 heteroatoms. The molecule has 6 nitrogen and oxygen atoms in total. The normalized spacial score (nSPS) is 18.6. The predicted octanol–water partition coefficient (Wildman–Crippen LogP) is 2.21. The van der Waals surface area contributed by atoms with Gasteiger partial charge in [0, 0.05) is 24.2 Å². The van der Waals surface area contributed by atoms with Crippen LogP contribution in [0.2, 0.25) is 0 Å². The Labute approximate surface area is 160 Å². The van der Waals surface area contributed by atoms with Crippen LogP contribution >= 0.6 is 0 Å². The summed E-state index contributed by atoms with van der Waals surface area (Å²) in [6.45, 7) is 3.49. The molecule has 2 aromatic carbocycles. The summed E-state index contributed by atoms with van der Waals surface area (Å²) in [6.07, 6.45) is 1.94. The molecular formula is C20H25N3O3S. The Kier molecular flexibility index (Phi) is 6.26. The third-order valence-electron chi connectivity index (χ3n) is 4.67. The first-order chi connectivity index (χ1) is 13.0. The Bertz CT molecular complexity index is 878. The van der Waals surface area contributed by atoms with Crippen molar-refractivity contribution in [3.8, 4) is 0 Å². The summed E-state index contributed by atoms with van der Waals surface area (Å²) in [5.74, 6) is -0.253. The number of rotatable bonds is 6. The number of piperidine rings is 1. The van der Waals surface area contributed by atoms with Crippen molar-refractivity contribution in [3.05, 3.63) is 65.7 Å². The molecule has 1 heterocycles. The summed E-state index contributed by atoms with van der Waals surface area (Å²) in [5, 5.41) is 6.21. The SMILES string of the molecule is CC(NS(=O)(=O)c1cccc(C(=O)N[C@H]2CCCNC2)c1)c1ccccc1. The van der Waals surface area contributed by atoms with Crippen LogP contribution < -0.4 is 15.4 Å². The van der Waals surface area contributed by atoms with Crippen molar-refractivity contribution in [2.75, 3.05) is 13.1 Å². The molecule has 27 heavy (non-hydrogen) atoms. The number of nitrogens with one attached hydrogen (secondary N) is 3. The molecule has 2 aromatic rings. The summed E-state index contributed by atoms with van der Waals surface area (Å²) in [5.41, 5.74) is 1.22. The molecule has 1 fully saturated rings. The Morgan fingerprint density at radius 1 is 1.15 bits per heavy atom. The van der Waals surface area contributed by atoms with Gasteiger partial charge < -0.3 is 10.6 Å². The molecule has 1 unspecified atom stereocenters. The Morgan fingerprint density at radius 2 is 1.93 bits per heavy atom. The molecule has 0 spiro atoms. The number of amides is 1. The van der Waals surface area contributed by atoms with Gasteiger partial charge in [-0.05, 0) is 50.1 Å². The Hall–Kier alpha value is -2.22. The lowest BCUT2D eigenvalue weighted by Gasteiger charge is -2.23. The van der Waals surface area contributed by atoms with Crippen molar-refractivity contribution in [2.45, 2.75) is 36.7 Å². The van der Waals surface area contributed by atoms with Crippen LogP contribution in [-0.4, -0.2) is 33.5 Å². The molecule has 1 saturated heterocycles. The number of benzene rings is 2. The highest BCUT2D eigenvalue weighted by Gasteiger charge is 2.21. The average Bonchev–Trinajstić information content (AvgIpc) is 2.69. The third kappa shape index (κ3) is 5.15. The van der Waals surface area contributed by atoms with Gasteiger partial charge in [-0.1, -0.05) is 36.4 Å². The van der Waals surface area contributed by atoms with Gasteiger partial charge in [0.05, 0.1) is 4.90 Å². The van der Waals surface area contributed by atoms with E-state index in [4.69, 9.17) is 0 Å².